The van der Waals surface area contributed by atoms with E-state index in [0.717, 1.165) is 66.0 Å². The number of benzene rings is 1. The summed E-state index contributed by atoms with van der Waals surface area (Å²) in [6.45, 7) is 14.4. The van der Waals surface area contributed by atoms with Gasteiger partial charge >= 0.3 is 0 Å². The van der Waals surface area contributed by atoms with Gasteiger partial charge in [-0.15, -0.1) is 0 Å². The number of aldehydes is 1. The van der Waals surface area contributed by atoms with Crippen molar-refractivity contribution in [2.75, 3.05) is 19.6 Å². The van der Waals surface area contributed by atoms with E-state index in [9.17, 15) is 9.59 Å². The van der Waals surface area contributed by atoms with Crippen LogP contribution in [0.25, 0.3) is 17.2 Å². The maximum Gasteiger partial charge on any atom is 0.247 e. The molecule has 2 aliphatic carbocycles. The first-order valence-electron chi connectivity index (χ1n) is 17.3. The highest BCUT2D eigenvalue weighted by Crippen LogP contribution is 2.39. The average Bonchev–Trinajstić information content (AvgIpc) is 3.46. The van der Waals surface area contributed by atoms with Crippen LogP contribution in [0.15, 0.2) is 59.0 Å². The van der Waals surface area contributed by atoms with Crippen molar-refractivity contribution in [3.05, 3.63) is 92.7 Å². The number of aromatic nitrogens is 2. The number of fused-ring (bicyclic) bond motifs is 2. The number of ketones is 1. The van der Waals surface area contributed by atoms with E-state index in [0.29, 0.717) is 24.2 Å². The first kappa shape index (κ1) is 33.7. The second kappa shape index (κ2) is 14.8. The van der Waals surface area contributed by atoms with Crippen LogP contribution in [0.1, 0.15) is 101 Å². The lowest BCUT2D eigenvalue weighted by Crippen LogP contribution is -3.13. The Morgan fingerprint density at radius 2 is 1.74 bits per heavy atom. The Bertz CT molecular complexity index is 1580. The van der Waals surface area contributed by atoms with Crippen molar-refractivity contribution in [3.8, 4) is 11.1 Å². The number of Topliss-reactive ketones (excluding diaryl/α,β-unsaturated/α-hetero) is 1. The van der Waals surface area contributed by atoms with Gasteiger partial charge in [-0.05, 0) is 108 Å². The Morgan fingerprint density at radius 3 is 2.39 bits per heavy atom. The number of aromatic amines is 1. The van der Waals surface area contributed by atoms with E-state index in [2.05, 4.69) is 69.1 Å². The Labute approximate surface area is 274 Å². The smallest absolute Gasteiger partial charge is 0.247 e. The van der Waals surface area contributed by atoms with E-state index in [1.807, 2.05) is 6.07 Å². The summed E-state index contributed by atoms with van der Waals surface area (Å²) < 4.78 is 0. The zero-order valence-corrected chi connectivity index (χ0v) is 28.5. The number of nitrogens with one attached hydrogen (secondary N) is 2. The van der Waals surface area contributed by atoms with Gasteiger partial charge in [0, 0.05) is 42.8 Å². The predicted octanol–water partition coefficient (Wildman–Crippen LogP) is 6.18. The summed E-state index contributed by atoms with van der Waals surface area (Å²) in [5.74, 6) is 1.95. The largest absolute Gasteiger partial charge is 0.335 e. The van der Waals surface area contributed by atoms with Gasteiger partial charge in [-0.3, -0.25) is 14.6 Å². The van der Waals surface area contributed by atoms with E-state index < -0.39 is 0 Å². The monoisotopic (exact) mass is 622 g/mol. The number of H-pyrrole nitrogens is 1. The third kappa shape index (κ3) is 8.38. The van der Waals surface area contributed by atoms with Crippen LogP contribution in [-0.4, -0.2) is 41.7 Å². The maximum atomic E-state index is 13.9. The van der Waals surface area contributed by atoms with Crippen molar-refractivity contribution >= 4 is 18.1 Å². The molecule has 0 radical (unpaired) electrons. The molecule has 46 heavy (non-hydrogen) atoms. The first-order chi connectivity index (χ1) is 22.0. The summed E-state index contributed by atoms with van der Waals surface area (Å²) in [6, 6.07) is 14.4. The number of carbonyl (C=O) groups is 2. The molecule has 1 aliphatic heterocycles. The molecule has 6 rings (SSSR count). The minimum Gasteiger partial charge on any atom is -0.335 e. The van der Waals surface area contributed by atoms with Gasteiger partial charge in [0.05, 0.1) is 25.3 Å². The van der Waals surface area contributed by atoms with Crippen molar-refractivity contribution in [1.29, 1.82) is 0 Å². The number of pyridine rings is 2. The van der Waals surface area contributed by atoms with Gasteiger partial charge in [0.15, 0.2) is 5.78 Å². The number of hydrogen-bond acceptors (Lipinski definition) is 4. The zero-order chi connectivity index (χ0) is 32.8. The molecule has 1 saturated heterocycles. The number of rotatable bonds is 8. The SMILES string of the molecule is CC1CC[NH+](CC[C@@H](CC(=O)C2=Cc3cc4c(nc3C2)CC[C@H](C(C)(C)C)C4)c2ccc(-c3ccc(=O)[nH]c3)cc2)CC1.CC=O. The molecule has 2 atom stereocenters. The predicted molar refractivity (Wildman–Crippen MR) is 186 cm³/mol. The molecule has 3 aliphatic rings. The van der Waals surface area contributed by atoms with Crippen LogP contribution in [0.2, 0.25) is 0 Å². The molecule has 6 heteroatoms. The van der Waals surface area contributed by atoms with Crippen LogP contribution < -0.4 is 10.5 Å². The average molecular weight is 623 g/mol. The molecular formula is C40H52N3O3+. The van der Waals surface area contributed by atoms with Crippen molar-refractivity contribution in [2.45, 2.75) is 91.9 Å². The maximum absolute atomic E-state index is 13.9. The van der Waals surface area contributed by atoms with Gasteiger partial charge in [-0.1, -0.05) is 52.0 Å². The van der Waals surface area contributed by atoms with E-state index >= 15 is 0 Å². The Hall–Kier alpha value is -3.64. The molecule has 2 N–H and O–H groups in total. The number of aryl methyl sites for hydroxylation is 1. The summed E-state index contributed by atoms with van der Waals surface area (Å²) in [4.78, 5) is 43.8. The van der Waals surface area contributed by atoms with Crippen LogP contribution in [-0.2, 0) is 28.9 Å². The Morgan fingerprint density at radius 1 is 1.04 bits per heavy atom. The molecule has 6 nitrogen and oxygen atoms in total. The third-order valence-corrected chi connectivity index (χ3v) is 10.5. The van der Waals surface area contributed by atoms with Crippen molar-refractivity contribution in [2.24, 2.45) is 17.3 Å². The molecule has 3 aromatic rings. The highest BCUT2D eigenvalue weighted by atomic mass is 16.1. The van der Waals surface area contributed by atoms with E-state index in [-0.39, 0.29) is 17.3 Å². The third-order valence-electron chi connectivity index (χ3n) is 10.5. The molecule has 244 valence electrons. The second-order valence-electron chi connectivity index (χ2n) is 14.9. The molecule has 0 spiro atoms. The number of allylic oxidation sites excluding steroid dienone is 1. The first-order valence-corrected chi connectivity index (χ1v) is 17.3. The number of carbonyl (C=O) groups excluding carboxylic acids is 2. The summed E-state index contributed by atoms with van der Waals surface area (Å²) >= 11 is 0. The quantitative estimate of drug-likeness (QED) is 0.294. The molecule has 2 aromatic heterocycles. The summed E-state index contributed by atoms with van der Waals surface area (Å²) in [5.41, 5.74) is 9.29. The minimum absolute atomic E-state index is 0.0959. The fourth-order valence-corrected chi connectivity index (χ4v) is 7.41. The standard InChI is InChI=1S/C38H47N3O2.C2H4O/c1-25-13-16-41(17-14-25)18-15-28(26-5-7-27(8-6-26)29-9-12-37(43)39-24-29)23-36(42)32-20-30-19-31-21-33(38(2,3)4)10-11-34(31)40-35(30)22-32;1-2-3/h5-9,12,19-20,24-25,28,33H,10-11,13-18,21-23H2,1-4H3,(H,39,43);2H,1H3/p+1/t28-,33-;/m0./s1. The van der Waals surface area contributed by atoms with Crippen molar-refractivity contribution in [1.82, 2.24) is 9.97 Å². The van der Waals surface area contributed by atoms with Crippen LogP contribution >= 0.6 is 0 Å². The number of nitrogens with zero attached hydrogens (tertiary/aromatic N) is 1. The number of quaternary nitrogens is 1. The summed E-state index contributed by atoms with van der Waals surface area (Å²) in [5, 5.41) is 0. The highest BCUT2D eigenvalue weighted by molar-refractivity contribution is 6.02. The van der Waals surface area contributed by atoms with Gasteiger partial charge in [0.2, 0.25) is 5.56 Å². The van der Waals surface area contributed by atoms with Gasteiger partial charge in [0.1, 0.15) is 6.29 Å². The molecular weight excluding hydrogens is 570 g/mol. The van der Waals surface area contributed by atoms with E-state index in [1.54, 1.807) is 17.2 Å². The fourth-order valence-electron chi connectivity index (χ4n) is 7.41. The van der Waals surface area contributed by atoms with Crippen LogP contribution in [0.4, 0.5) is 0 Å². The normalized spacial score (nSPS) is 21.2. The fraction of sp³-hybridized carbons (Fsp3) is 0.500. The van der Waals surface area contributed by atoms with Gasteiger partial charge < -0.3 is 14.7 Å². The van der Waals surface area contributed by atoms with E-state index in [4.69, 9.17) is 9.78 Å². The van der Waals surface area contributed by atoms with Crippen LogP contribution in [0.3, 0.4) is 0 Å². The minimum atomic E-state index is -0.0959. The Kier molecular flexibility index (Phi) is 10.9. The molecule has 0 bridgehead atoms. The van der Waals surface area contributed by atoms with Crippen molar-refractivity contribution in [3.63, 3.8) is 0 Å². The topological polar surface area (TPSA) is 84.3 Å². The molecule has 0 amide bonds. The molecule has 0 saturated carbocycles. The summed E-state index contributed by atoms with van der Waals surface area (Å²) in [6.07, 6.45) is 12.8. The van der Waals surface area contributed by atoms with Gasteiger partial charge in [0.25, 0.3) is 0 Å². The zero-order valence-electron chi connectivity index (χ0n) is 28.5. The van der Waals surface area contributed by atoms with Crippen LogP contribution in [0.5, 0.6) is 0 Å². The second-order valence-corrected chi connectivity index (χ2v) is 14.9. The lowest BCUT2D eigenvalue weighted by molar-refractivity contribution is -0.906. The lowest BCUT2D eigenvalue weighted by atomic mass is 9.71. The van der Waals surface area contributed by atoms with Crippen molar-refractivity contribution < 1.29 is 14.5 Å². The van der Waals surface area contributed by atoms with Gasteiger partial charge in [-0.25, -0.2) is 0 Å². The molecule has 1 fully saturated rings. The lowest BCUT2D eigenvalue weighted by Gasteiger charge is -2.34. The molecule has 0 unspecified atom stereocenters. The van der Waals surface area contributed by atoms with E-state index in [1.165, 1.54) is 56.1 Å². The molecule has 3 heterocycles. The molecule has 1 aromatic carbocycles. The highest BCUT2D eigenvalue weighted by Gasteiger charge is 2.31. The summed E-state index contributed by atoms with van der Waals surface area (Å²) in [7, 11) is 0. The Balaban J connectivity index is 0.00000134. The number of piperidine rings is 1. The number of likely N-dealkylation sites (tertiary alicyclic amines) is 1. The van der Waals surface area contributed by atoms with Gasteiger partial charge in [-0.2, -0.15) is 0 Å². The number of hydrogen-bond donors (Lipinski definition) is 2. The van der Waals surface area contributed by atoms with Crippen LogP contribution in [0, 0.1) is 17.3 Å².